The van der Waals surface area contributed by atoms with E-state index >= 15 is 0 Å². The van der Waals surface area contributed by atoms with Crippen LogP contribution in [-0.4, -0.2) is 58.7 Å². The summed E-state index contributed by atoms with van der Waals surface area (Å²) in [4.78, 5) is 38.5. The third-order valence-corrected chi connectivity index (χ3v) is 5.94. The maximum absolute atomic E-state index is 14.8. The average Bonchev–Trinajstić information content (AvgIpc) is 3.07. The summed E-state index contributed by atoms with van der Waals surface area (Å²) in [6.07, 6.45) is -5.73. The molecule has 3 N–H and O–H groups in total. The minimum absolute atomic E-state index is 0.163. The Morgan fingerprint density at radius 3 is 2.65 bits per heavy atom. The quantitative estimate of drug-likeness (QED) is 0.482. The highest BCUT2D eigenvalue weighted by molar-refractivity contribution is 6.36. The predicted molar refractivity (Wildman–Crippen MR) is 122 cm³/mol. The van der Waals surface area contributed by atoms with Crippen molar-refractivity contribution in [1.82, 2.24) is 14.9 Å². The third kappa shape index (κ3) is 5.38. The number of H-pyrrole nitrogens is 1. The minimum Gasteiger partial charge on any atom is -0.495 e. The molecule has 0 spiro atoms. The van der Waals surface area contributed by atoms with Crippen molar-refractivity contribution in [1.29, 1.82) is 0 Å². The van der Waals surface area contributed by atoms with Gasteiger partial charge in [0.2, 0.25) is 0 Å². The van der Waals surface area contributed by atoms with Crippen molar-refractivity contribution >= 4 is 29.1 Å². The first kappa shape index (κ1) is 26.0. The number of halogens is 3. The number of carbonyl (C=O) groups excluding carboxylic acids is 1. The van der Waals surface area contributed by atoms with Crippen LogP contribution < -0.4 is 26.0 Å². The van der Waals surface area contributed by atoms with E-state index in [2.05, 4.69) is 10.3 Å². The molecule has 1 fully saturated rings. The Morgan fingerprint density at radius 2 is 2.00 bits per heavy atom. The fourth-order valence-corrected chi connectivity index (χ4v) is 3.92. The third-order valence-electron chi connectivity index (χ3n) is 5.35. The zero-order valence-corrected chi connectivity index (χ0v) is 20.0. The molecule has 13 heteroatoms. The largest absolute Gasteiger partial charge is 0.495 e. The maximum Gasteiger partial charge on any atom is 0.330 e. The molecule has 1 aromatic carbocycles. The van der Waals surface area contributed by atoms with Crippen molar-refractivity contribution < 1.29 is 28.5 Å². The molecule has 1 aliphatic heterocycles. The number of aromatic nitrogens is 2. The molecule has 34 heavy (non-hydrogen) atoms. The number of carbonyl (C=O) groups is 1. The van der Waals surface area contributed by atoms with Gasteiger partial charge in [-0.25, -0.2) is 9.18 Å². The summed E-state index contributed by atoms with van der Waals surface area (Å²) in [5.74, 6) is -0.121. The zero-order chi connectivity index (χ0) is 25.2. The normalized spacial score (nSPS) is 22.9. The van der Waals surface area contributed by atoms with E-state index in [1.54, 1.807) is 6.92 Å². The number of hydrogen-bond acceptors (Lipinski definition) is 7. The number of rotatable bonds is 8. The van der Waals surface area contributed by atoms with E-state index in [9.17, 15) is 23.9 Å². The van der Waals surface area contributed by atoms with E-state index in [0.717, 1.165) is 4.57 Å². The first-order valence-electron chi connectivity index (χ1n) is 10.4. The predicted octanol–water partition coefficient (Wildman–Crippen LogP) is 1.59. The summed E-state index contributed by atoms with van der Waals surface area (Å²) in [6, 6.07) is 2.85. The number of amides is 1. The number of aliphatic hydroxyl groups is 1. The van der Waals surface area contributed by atoms with Crippen LogP contribution in [0.15, 0.2) is 27.9 Å². The highest BCUT2D eigenvalue weighted by atomic mass is 35.5. The van der Waals surface area contributed by atoms with Crippen molar-refractivity contribution in [3.8, 4) is 11.5 Å². The van der Waals surface area contributed by atoms with Crippen LogP contribution in [0.1, 0.15) is 25.6 Å². The summed E-state index contributed by atoms with van der Waals surface area (Å²) in [7, 11) is 1.41. The fourth-order valence-electron chi connectivity index (χ4n) is 3.41. The summed E-state index contributed by atoms with van der Waals surface area (Å²) in [6.45, 7) is 2.90. The lowest BCUT2D eigenvalue weighted by Gasteiger charge is -2.19. The van der Waals surface area contributed by atoms with Gasteiger partial charge in [0, 0.05) is 24.4 Å². The molecule has 10 nitrogen and oxygen atoms in total. The molecular weight excluding hydrogens is 496 g/mol. The van der Waals surface area contributed by atoms with Gasteiger partial charge in [0.05, 0.1) is 17.2 Å². The van der Waals surface area contributed by atoms with E-state index < -0.39 is 47.9 Å². The molecule has 1 saturated heterocycles. The molecule has 1 aromatic heterocycles. The molecule has 1 amide bonds. The van der Waals surface area contributed by atoms with E-state index in [1.165, 1.54) is 32.4 Å². The molecule has 0 unspecified atom stereocenters. The van der Waals surface area contributed by atoms with Crippen LogP contribution in [0.25, 0.3) is 0 Å². The van der Waals surface area contributed by atoms with Crippen molar-refractivity contribution in [2.24, 2.45) is 0 Å². The van der Waals surface area contributed by atoms with E-state index in [1.807, 2.05) is 0 Å². The molecule has 0 radical (unpaired) electrons. The lowest BCUT2D eigenvalue weighted by Crippen LogP contribution is -2.43. The van der Waals surface area contributed by atoms with Crippen LogP contribution in [0.2, 0.25) is 10.0 Å². The highest BCUT2D eigenvalue weighted by Crippen LogP contribution is 2.36. The smallest absolute Gasteiger partial charge is 0.330 e. The Hall–Kier alpha value is -2.60. The molecule has 0 saturated carbocycles. The van der Waals surface area contributed by atoms with Gasteiger partial charge in [-0.2, -0.15) is 0 Å². The van der Waals surface area contributed by atoms with Gasteiger partial charge in [-0.15, -0.1) is 0 Å². The van der Waals surface area contributed by atoms with Gasteiger partial charge in [0.25, 0.3) is 11.5 Å². The minimum atomic E-state index is -1.97. The molecule has 2 heterocycles. The Bertz CT molecular complexity index is 1170. The number of ether oxygens (including phenoxy) is 3. The molecule has 5 atom stereocenters. The summed E-state index contributed by atoms with van der Waals surface area (Å²) in [5.41, 5.74) is -1.19. The van der Waals surface area contributed by atoms with Gasteiger partial charge in [0.15, 0.2) is 18.5 Å². The van der Waals surface area contributed by atoms with Gasteiger partial charge in [-0.05, 0) is 19.4 Å². The lowest BCUT2D eigenvalue weighted by atomic mass is 10.1. The Morgan fingerprint density at radius 1 is 1.32 bits per heavy atom. The first-order chi connectivity index (χ1) is 16.1. The van der Waals surface area contributed by atoms with Gasteiger partial charge >= 0.3 is 5.69 Å². The molecule has 186 valence electrons. The van der Waals surface area contributed by atoms with Crippen molar-refractivity contribution in [3.05, 3.63) is 54.8 Å². The number of methoxy groups -OCH3 is 1. The van der Waals surface area contributed by atoms with Gasteiger partial charge < -0.3 is 24.6 Å². The number of alkyl halides is 1. The van der Waals surface area contributed by atoms with E-state index in [-0.39, 0.29) is 27.9 Å². The zero-order valence-electron chi connectivity index (χ0n) is 18.5. The Labute approximate surface area is 203 Å². The number of nitrogens with zero attached hydrogens (tertiary/aromatic N) is 1. The molecule has 3 rings (SSSR count). The number of aryl methyl sites for hydroxylation is 1. The Kier molecular flexibility index (Phi) is 8.24. The van der Waals surface area contributed by atoms with Crippen molar-refractivity contribution in [3.63, 3.8) is 0 Å². The fraction of sp³-hybridized carbons (Fsp3) is 0.476. The number of nitrogens with one attached hydrogen (secondary N) is 2. The van der Waals surface area contributed by atoms with Crippen molar-refractivity contribution in [2.75, 3.05) is 13.7 Å². The van der Waals surface area contributed by atoms with Gasteiger partial charge in [-0.1, -0.05) is 30.1 Å². The summed E-state index contributed by atoms with van der Waals surface area (Å²) in [5, 5.41) is 13.2. The summed E-state index contributed by atoms with van der Waals surface area (Å²) >= 11 is 12.1. The molecule has 1 aliphatic rings. The second kappa shape index (κ2) is 10.8. The van der Waals surface area contributed by atoms with Crippen LogP contribution in [0.3, 0.4) is 0 Å². The number of hydrogen-bond donors (Lipinski definition) is 3. The van der Waals surface area contributed by atoms with Crippen LogP contribution >= 0.6 is 23.2 Å². The van der Waals surface area contributed by atoms with Crippen LogP contribution in [-0.2, 0) is 16.0 Å². The topological polar surface area (TPSA) is 132 Å². The van der Waals surface area contributed by atoms with Gasteiger partial charge in [-0.3, -0.25) is 19.1 Å². The molecule has 0 aliphatic carbocycles. The molecular formula is C21H24Cl2FN3O7. The second-order valence-corrected chi connectivity index (χ2v) is 8.41. The van der Waals surface area contributed by atoms with E-state index in [4.69, 9.17) is 37.4 Å². The SMILES string of the molecule is CCc1cn([C@@H]2O[C@H](CNC(=O)[C@@H](C)Oc3cc(OC)c(Cl)cc3Cl)[C@@H](O)[C@H]2F)c(=O)[nH]c1=O. The monoisotopic (exact) mass is 519 g/mol. The second-order valence-electron chi connectivity index (χ2n) is 7.60. The van der Waals surface area contributed by atoms with Crippen LogP contribution in [0.5, 0.6) is 11.5 Å². The Balaban J connectivity index is 1.65. The molecule has 0 bridgehead atoms. The maximum atomic E-state index is 14.8. The number of aliphatic hydroxyl groups excluding tert-OH is 1. The van der Waals surface area contributed by atoms with E-state index in [0.29, 0.717) is 12.2 Å². The lowest BCUT2D eigenvalue weighted by molar-refractivity contribution is -0.128. The summed E-state index contributed by atoms with van der Waals surface area (Å²) < 4.78 is 31.8. The number of benzene rings is 1. The average molecular weight is 520 g/mol. The first-order valence-corrected chi connectivity index (χ1v) is 11.1. The van der Waals surface area contributed by atoms with Crippen molar-refractivity contribution in [2.45, 2.75) is 51.0 Å². The molecule has 2 aromatic rings. The standard InChI is InChI=1S/C21H24Cl2FN3O7/c1-4-10-8-27(21(31)26-19(10)30)20-16(24)17(28)15(34-20)7-25-18(29)9(2)33-14-6-13(32-3)11(22)5-12(14)23/h5-6,8-9,15-17,20,28H,4,7H2,1-3H3,(H,25,29)(H,26,30,31)/t9-,15-,16-,17-,20-/m1/s1. The van der Waals surface area contributed by atoms with Crippen LogP contribution in [0.4, 0.5) is 4.39 Å². The van der Waals surface area contributed by atoms with Crippen LogP contribution in [0, 0.1) is 0 Å². The highest BCUT2D eigenvalue weighted by Gasteiger charge is 2.45. The van der Waals surface area contributed by atoms with Gasteiger partial charge in [0.1, 0.15) is 23.7 Å². The number of aromatic amines is 1.